The minimum atomic E-state index is -4.39. The molecule has 10 nitrogen and oxygen atoms in total. The summed E-state index contributed by atoms with van der Waals surface area (Å²) in [5.41, 5.74) is -0.118. The Hall–Kier alpha value is -2.06. The van der Waals surface area contributed by atoms with Crippen LogP contribution in [0.5, 0.6) is 0 Å². The van der Waals surface area contributed by atoms with Gasteiger partial charge in [-0.3, -0.25) is 19.8 Å². The normalized spacial score (nSPS) is 38.2. The van der Waals surface area contributed by atoms with Gasteiger partial charge in [-0.05, 0) is 18.8 Å². The maximum Gasteiger partial charge on any atom is 0.407 e. The molecule has 0 aromatic carbocycles. The van der Waals surface area contributed by atoms with Gasteiger partial charge >= 0.3 is 6.18 Å². The van der Waals surface area contributed by atoms with Gasteiger partial charge in [0.15, 0.2) is 0 Å². The fourth-order valence-electron chi connectivity index (χ4n) is 6.52. The molecule has 2 fully saturated rings. The van der Waals surface area contributed by atoms with E-state index in [0.29, 0.717) is 31.6 Å². The number of carbonyl (C=O) groups is 1. The van der Waals surface area contributed by atoms with Crippen molar-refractivity contribution in [1.82, 2.24) is 14.2 Å². The fourth-order valence-corrected chi connectivity index (χ4v) is 7.85. The van der Waals surface area contributed by atoms with Crippen LogP contribution in [0.3, 0.4) is 0 Å². The summed E-state index contributed by atoms with van der Waals surface area (Å²) in [6.07, 6.45) is 0.325. The number of hydrogen-bond donors (Lipinski definition) is 0. The first-order valence-corrected chi connectivity index (χ1v) is 14.1. The topological polar surface area (TPSA) is 107 Å². The first-order valence-electron chi connectivity index (χ1n) is 12.6. The molecule has 2 saturated heterocycles. The number of ether oxygens (including phenoxy) is 1. The third-order valence-electron chi connectivity index (χ3n) is 8.28. The lowest BCUT2D eigenvalue weighted by atomic mass is 9.75. The molecule has 6 unspecified atom stereocenters. The number of hydrogen-bond acceptors (Lipinski definition) is 8. The van der Waals surface area contributed by atoms with E-state index in [1.54, 1.807) is 11.1 Å². The summed E-state index contributed by atoms with van der Waals surface area (Å²) < 4.78 is 71.4. The van der Waals surface area contributed by atoms with Crippen molar-refractivity contribution < 1.29 is 31.1 Å². The van der Waals surface area contributed by atoms with E-state index in [1.807, 2.05) is 6.92 Å². The van der Waals surface area contributed by atoms with Crippen LogP contribution in [-0.4, -0.2) is 123 Å². The molecule has 5 aliphatic rings. The van der Waals surface area contributed by atoms with Crippen LogP contribution in [0, 0.1) is 17.8 Å². The fraction of sp³-hybridized carbons (Fsp3) is 0.826. The summed E-state index contributed by atoms with van der Waals surface area (Å²) in [5, 5.41) is 4.25. The molecule has 0 radical (unpaired) electrons. The van der Waals surface area contributed by atoms with Crippen LogP contribution in [0.25, 0.3) is 0 Å². The predicted molar refractivity (Wildman–Crippen MR) is 131 cm³/mol. The van der Waals surface area contributed by atoms with E-state index >= 15 is 0 Å². The van der Waals surface area contributed by atoms with Gasteiger partial charge in [0.25, 0.3) is 0 Å². The van der Waals surface area contributed by atoms with Crippen LogP contribution < -0.4 is 0 Å². The molecule has 1 amide bonds. The number of hydrazone groups is 1. The van der Waals surface area contributed by atoms with E-state index in [9.17, 15) is 26.4 Å². The van der Waals surface area contributed by atoms with Crippen LogP contribution in [0.1, 0.15) is 26.2 Å². The zero-order valence-electron chi connectivity index (χ0n) is 21.1. The zero-order chi connectivity index (χ0) is 26.8. The molecule has 0 saturated carbocycles. The van der Waals surface area contributed by atoms with Crippen molar-refractivity contribution in [2.24, 2.45) is 32.8 Å². The number of aliphatic imine (C=N–C) groups is 2. The Kier molecular flexibility index (Phi) is 6.67. The molecular weight excluding hydrogens is 513 g/mol. The van der Waals surface area contributed by atoms with Gasteiger partial charge in [-0.1, -0.05) is 6.92 Å². The maximum absolute atomic E-state index is 13.8. The third kappa shape index (κ3) is 4.58. The van der Waals surface area contributed by atoms with Gasteiger partial charge in [-0.2, -0.15) is 18.3 Å². The number of likely N-dealkylation sites (tertiary alicyclic amines) is 1. The van der Waals surface area contributed by atoms with Crippen LogP contribution >= 0.6 is 0 Å². The average Bonchev–Trinajstić information content (AvgIpc) is 3.53. The number of rotatable bonds is 5. The van der Waals surface area contributed by atoms with Gasteiger partial charge in [0.2, 0.25) is 15.9 Å². The number of carbonyl (C=O) groups excluding carboxylic acids is 1. The van der Waals surface area contributed by atoms with E-state index in [0.717, 1.165) is 5.01 Å². The number of nitrogens with zero attached hydrogens (tertiary/aromatic N) is 6. The molecule has 5 aliphatic heterocycles. The third-order valence-corrected chi connectivity index (χ3v) is 10.5. The average molecular weight is 547 g/mol. The van der Waals surface area contributed by atoms with Gasteiger partial charge < -0.3 is 9.64 Å². The lowest BCUT2D eigenvalue weighted by Crippen LogP contribution is -2.57. The van der Waals surface area contributed by atoms with E-state index in [1.165, 1.54) is 24.6 Å². The van der Waals surface area contributed by atoms with E-state index in [4.69, 9.17) is 9.73 Å². The molecule has 0 aromatic rings. The van der Waals surface area contributed by atoms with Crippen LogP contribution in [0.15, 0.2) is 15.1 Å². The summed E-state index contributed by atoms with van der Waals surface area (Å²) >= 11 is 0. The van der Waals surface area contributed by atoms with Crippen molar-refractivity contribution >= 4 is 34.1 Å². The van der Waals surface area contributed by atoms with Crippen molar-refractivity contribution in [3.8, 4) is 0 Å². The molecule has 0 bridgehead atoms. The number of alkyl halides is 3. The molecule has 0 aromatic heterocycles. The van der Waals surface area contributed by atoms with Crippen LogP contribution in [-0.2, 0) is 19.6 Å². The smallest absolute Gasteiger partial charge is 0.378 e. The van der Waals surface area contributed by atoms with Gasteiger partial charge in [-0.25, -0.2) is 12.7 Å². The minimum Gasteiger partial charge on any atom is -0.378 e. The Balaban J connectivity index is 1.44. The molecular formula is C23H33F3N6O4S. The Labute approximate surface area is 214 Å². The summed E-state index contributed by atoms with van der Waals surface area (Å²) in [5.74, 6) is -0.893. The number of halogens is 3. The van der Waals surface area contributed by atoms with Gasteiger partial charge in [0.05, 0.1) is 48.7 Å². The summed E-state index contributed by atoms with van der Waals surface area (Å²) in [6.45, 7) is 1.63. The predicted octanol–water partition coefficient (Wildman–Crippen LogP) is 1.04. The molecule has 5 rings (SSSR count). The lowest BCUT2D eigenvalue weighted by molar-refractivity contribution is -0.146. The first kappa shape index (κ1) is 26.5. The molecule has 206 valence electrons. The molecule has 0 N–H and O–H groups in total. The van der Waals surface area contributed by atoms with Gasteiger partial charge in [-0.15, -0.1) is 0 Å². The highest BCUT2D eigenvalue weighted by molar-refractivity contribution is 7.89. The lowest BCUT2D eigenvalue weighted by Gasteiger charge is -2.39. The van der Waals surface area contributed by atoms with Crippen molar-refractivity contribution in [2.75, 3.05) is 46.9 Å². The summed E-state index contributed by atoms with van der Waals surface area (Å²) in [7, 11) is -0.453. The second kappa shape index (κ2) is 9.30. The van der Waals surface area contributed by atoms with Gasteiger partial charge in [0, 0.05) is 45.5 Å². The highest BCUT2D eigenvalue weighted by Crippen LogP contribution is 2.47. The largest absolute Gasteiger partial charge is 0.407 e. The molecule has 5 heterocycles. The monoisotopic (exact) mass is 546 g/mol. The van der Waals surface area contributed by atoms with E-state index in [-0.39, 0.29) is 43.5 Å². The number of fused-ring (bicyclic) bond motifs is 2. The number of sulfonamides is 1. The van der Waals surface area contributed by atoms with Crippen molar-refractivity contribution in [3.05, 3.63) is 0 Å². The second-order valence-electron chi connectivity index (χ2n) is 11.0. The Morgan fingerprint density at radius 2 is 2.00 bits per heavy atom. The Morgan fingerprint density at radius 3 is 2.65 bits per heavy atom. The van der Waals surface area contributed by atoms with Crippen molar-refractivity contribution in [3.63, 3.8) is 0 Å². The zero-order valence-corrected chi connectivity index (χ0v) is 22.0. The Morgan fingerprint density at radius 1 is 1.24 bits per heavy atom. The van der Waals surface area contributed by atoms with E-state index < -0.39 is 45.5 Å². The highest BCUT2D eigenvalue weighted by Gasteiger charge is 2.62. The maximum atomic E-state index is 13.8. The van der Waals surface area contributed by atoms with Crippen LogP contribution in [0.4, 0.5) is 13.2 Å². The Bertz CT molecular complexity index is 1120. The van der Waals surface area contributed by atoms with E-state index in [2.05, 4.69) is 10.1 Å². The quantitative estimate of drug-likeness (QED) is 0.512. The molecule has 37 heavy (non-hydrogen) atoms. The molecule has 0 aliphatic carbocycles. The molecule has 1 spiro atoms. The van der Waals surface area contributed by atoms with Crippen molar-refractivity contribution in [1.29, 1.82) is 0 Å². The van der Waals surface area contributed by atoms with Crippen molar-refractivity contribution in [2.45, 2.75) is 55.2 Å². The highest BCUT2D eigenvalue weighted by atomic mass is 32.2. The first-order chi connectivity index (χ1) is 17.3. The van der Waals surface area contributed by atoms with Crippen LogP contribution in [0.2, 0.25) is 0 Å². The molecule has 7 atom stereocenters. The number of amides is 1. The minimum absolute atomic E-state index is 0.0375. The second-order valence-corrected chi connectivity index (χ2v) is 13.4. The van der Waals surface area contributed by atoms with Gasteiger partial charge in [0.1, 0.15) is 12.1 Å². The SMILES string of the molecule is CC1CC(C2C=NCC(S(=O)(=O)N(C)C)C2)N=C2C1C(=O)N(C1C=NN(CC(F)(F)F)C1)[C@@]21CCOC1. The molecule has 14 heteroatoms. The summed E-state index contributed by atoms with van der Waals surface area (Å²) in [6, 6.07) is -0.851. The summed E-state index contributed by atoms with van der Waals surface area (Å²) in [4.78, 5) is 25.0. The standard InChI is InChI=1S/C23H33F3N6O4S/c1-14-6-18(15-7-17(10-27-8-15)37(34,35)30(2)3)29-20-19(14)21(33)32(22(20)4-5-36-13-22)16-9-28-31(11-16)12-23(24,25)26/h8-9,14-19H,4-7,10-13H2,1-3H3/t14?,15?,16?,17?,18?,19?,22-/m1/s1.